The van der Waals surface area contributed by atoms with Crippen LogP contribution in [0.25, 0.3) is 0 Å². The lowest BCUT2D eigenvalue weighted by molar-refractivity contribution is 0.246. The Morgan fingerprint density at radius 3 is 2.54 bits per heavy atom. The van der Waals surface area contributed by atoms with E-state index in [1.165, 1.54) is 45.2 Å². The van der Waals surface area contributed by atoms with Gasteiger partial charge in [-0.2, -0.15) is 0 Å². The van der Waals surface area contributed by atoms with Crippen LogP contribution in [0.5, 0.6) is 0 Å². The predicted octanol–water partition coefficient (Wildman–Crippen LogP) is 2.81. The first-order chi connectivity index (χ1) is 6.17. The van der Waals surface area contributed by atoms with Gasteiger partial charge in [-0.3, -0.25) is 0 Å². The predicted molar refractivity (Wildman–Crippen MR) is 56.7 cm³/mol. The SMILES string of the molecule is CC1(C)CCC(C2CCCNC2)C1. The first-order valence-electron chi connectivity index (χ1n) is 5.88. The molecule has 0 spiro atoms. The maximum Gasteiger partial charge on any atom is -0.00179 e. The molecule has 0 aromatic rings. The van der Waals surface area contributed by atoms with Crippen molar-refractivity contribution in [3.63, 3.8) is 0 Å². The van der Waals surface area contributed by atoms with Gasteiger partial charge in [-0.15, -0.1) is 0 Å². The van der Waals surface area contributed by atoms with E-state index in [9.17, 15) is 0 Å². The summed E-state index contributed by atoms with van der Waals surface area (Å²) in [5.41, 5.74) is 0.641. The monoisotopic (exact) mass is 181 g/mol. The third-order valence-corrected chi connectivity index (χ3v) is 4.01. The molecule has 0 aromatic carbocycles. The smallest absolute Gasteiger partial charge is 0.00179 e. The van der Waals surface area contributed by atoms with Crippen LogP contribution in [0.2, 0.25) is 0 Å². The largest absolute Gasteiger partial charge is 0.316 e. The molecule has 1 heterocycles. The lowest BCUT2D eigenvalue weighted by Crippen LogP contribution is -2.33. The van der Waals surface area contributed by atoms with E-state index < -0.39 is 0 Å². The van der Waals surface area contributed by atoms with E-state index in [4.69, 9.17) is 0 Å². The Hall–Kier alpha value is -0.0400. The fourth-order valence-electron chi connectivity index (χ4n) is 3.17. The molecule has 2 atom stereocenters. The van der Waals surface area contributed by atoms with E-state index in [2.05, 4.69) is 19.2 Å². The van der Waals surface area contributed by atoms with E-state index in [1.807, 2.05) is 0 Å². The van der Waals surface area contributed by atoms with Crippen molar-refractivity contribution in [3.8, 4) is 0 Å². The van der Waals surface area contributed by atoms with Gasteiger partial charge in [0.15, 0.2) is 0 Å². The standard InChI is InChI=1S/C12H23N/c1-12(2)6-5-10(8-12)11-4-3-7-13-9-11/h10-11,13H,3-9H2,1-2H3. The Labute approximate surface area is 82.3 Å². The minimum atomic E-state index is 0.641. The summed E-state index contributed by atoms with van der Waals surface area (Å²) in [5.74, 6) is 2.03. The highest BCUT2D eigenvalue weighted by Gasteiger charge is 2.35. The van der Waals surface area contributed by atoms with Crippen LogP contribution in [0, 0.1) is 17.3 Å². The van der Waals surface area contributed by atoms with Crippen molar-refractivity contribution in [1.82, 2.24) is 5.32 Å². The van der Waals surface area contributed by atoms with E-state index in [1.54, 1.807) is 0 Å². The summed E-state index contributed by atoms with van der Waals surface area (Å²) in [6.45, 7) is 7.42. The summed E-state index contributed by atoms with van der Waals surface area (Å²) in [6, 6.07) is 0. The topological polar surface area (TPSA) is 12.0 Å². The lowest BCUT2D eigenvalue weighted by Gasteiger charge is -2.29. The molecule has 13 heavy (non-hydrogen) atoms. The second-order valence-corrected chi connectivity index (χ2v) is 5.77. The summed E-state index contributed by atoms with van der Waals surface area (Å²) in [5, 5.41) is 3.54. The van der Waals surface area contributed by atoms with Crippen molar-refractivity contribution in [1.29, 1.82) is 0 Å². The number of rotatable bonds is 1. The van der Waals surface area contributed by atoms with E-state index in [0.717, 1.165) is 11.8 Å². The first-order valence-corrected chi connectivity index (χ1v) is 5.88. The summed E-state index contributed by atoms with van der Waals surface area (Å²) in [4.78, 5) is 0. The number of hydrogen-bond donors (Lipinski definition) is 1. The van der Waals surface area contributed by atoms with Gasteiger partial charge in [-0.05, 0) is 62.4 Å². The van der Waals surface area contributed by atoms with Crippen LogP contribution in [0.15, 0.2) is 0 Å². The van der Waals surface area contributed by atoms with Crippen LogP contribution in [-0.2, 0) is 0 Å². The van der Waals surface area contributed by atoms with Crippen molar-refractivity contribution in [3.05, 3.63) is 0 Å². The summed E-state index contributed by atoms with van der Waals surface area (Å²) >= 11 is 0. The molecule has 1 nitrogen and oxygen atoms in total. The van der Waals surface area contributed by atoms with Crippen molar-refractivity contribution in [2.75, 3.05) is 13.1 Å². The molecular formula is C12H23N. The zero-order chi connectivity index (χ0) is 9.31. The fraction of sp³-hybridized carbons (Fsp3) is 1.00. The fourth-order valence-corrected chi connectivity index (χ4v) is 3.17. The van der Waals surface area contributed by atoms with Gasteiger partial charge in [0, 0.05) is 0 Å². The molecule has 2 rings (SSSR count). The normalized spacial score (nSPS) is 39.2. The summed E-state index contributed by atoms with van der Waals surface area (Å²) < 4.78 is 0. The van der Waals surface area contributed by atoms with Crippen LogP contribution in [0.3, 0.4) is 0 Å². The first kappa shape index (κ1) is 9.51. The van der Waals surface area contributed by atoms with Crippen LogP contribution < -0.4 is 5.32 Å². The van der Waals surface area contributed by atoms with Gasteiger partial charge in [0.2, 0.25) is 0 Å². The molecule has 0 amide bonds. The molecule has 0 radical (unpaired) electrons. The van der Waals surface area contributed by atoms with Crippen LogP contribution in [-0.4, -0.2) is 13.1 Å². The lowest BCUT2D eigenvalue weighted by atomic mass is 9.82. The van der Waals surface area contributed by atoms with Gasteiger partial charge in [-0.1, -0.05) is 13.8 Å². The van der Waals surface area contributed by atoms with Gasteiger partial charge >= 0.3 is 0 Å². The van der Waals surface area contributed by atoms with E-state index in [-0.39, 0.29) is 0 Å². The average molecular weight is 181 g/mol. The van der Waals surface area contributed by atoms with Crippen molar-refractivity contribution in [2.45, 2.75) is 46.0 Å². The van der Waals surface area contributed by atoms with E-state index >= 15 is 0 Å². The number of piperidine rings is 1. The van der Waals surface area contributed by atoms with Crippen LogP contribution >= 0.6 is 0 Å². The molecule has 1 heteroatoms. The Morgan fingerprint density at radius 2 is 2.00 bits per heavy atom. The van der Waals surface area contributed by atoms with Gasteiger partial charge in [-0.25, -0.2) is 0 Å². The van der Waals surface area contributed by atoms with Crippen molar-refractivity contribution in [2.24, 2.45) is 17.3 Å². The maximum atomic E-state index is 3.54. The Morgan fingerprint density at radius 1 is 1.15 bits per heavy atom. The average Bonchev–Trinajstić information content (AvgIpc) is 2.48. The molecule has 1 N–H and O–H groups in total. The van der Waals surface area contributed by atoms with Crippen molar-refractivity contribution < 1.29 is 0 Å². The van der Waals surface area contributed by atoms with Crippen LogP contribution in [0.1, 0.15) is 46.0 Å². The Kier molecular flexibility index (Phi) is 2.64. The Bertz CT molecular complexity index is 168. The molecule has 1 aliphatic carbocycles. The highest BCUT2D eigenvalue weighted by atomic mass is 14.9. The van der Waals surface area contributed by atoms with Gasteiger partial charge in [0.05, 0.1) is 0 Å². The summed E-state index contributed by atoms with van der Waals surface area (Å²) in [7, 11) is 0. The molecule has 2 aliphatic rings. The van der Waals surface area contributed by atoms with Gasteiger partial charge < -0.3 is 5.32 Å². The van der Waals surface area contributed by atoms with Gasteiger partial charge in [0.1, 0.15) is 0 Å². The molecule has 2 unspecified atom stereocenters. The maximum absolute atomic E-state index is 3.54. The highest BCUT2D eigenvalue weighted by Crippen LogP contribution is 2.45. The second-order valence-electron chi connectivity index (χ2n) is 5.77. The molecule has 0 bridgehead atoms. The minimum Gasteiger partial charge on any atom is -0.316 e. The van der Waals surface area contributed by atoms with Crippen molar-refractivity contribution >= 4 is 0 Å². The number of nitrogens with one attached hydrogen (secondary N) is 1. The third kappa shape index (κ3) is 2.25. The molecule has 2 fully saturated rings. The third-order valence-electron chi connectivity index (χ3n) is 4.01. The van der Waals surface area contributed by atoms with E-state index in [0.29, 0.717) is 5.41 Å². The zero-order valence-electron chi connectivity index (χ0n) is 9.10. The molecule has 1 aliphatic heterocycles. The Balaban J connectivity index is 1.87. The molecule has 0 aromatic heterocycles. The number of hydrogen-bond acceptors (Lipinski definition) is 1. The molecule has 76 valence electrons. The zero-order valence-corrected chi connectivity index (χ0v) is 9.10. The molecule has 1 saturated heterocycles. The highest BCUT2D eigenvalue weighted by molar-refractivity contribution is 4.87. The quantitative estimate of drug-likeness (QED) is 0.656. The van der Waals surface area contributed by atoms with Gasteiger partial charge in [0.25, 0.3) is 0 Å². The minimum absolute atomic E-state index is 0.641. The summed E-state index contributed by atoms with van der Waals surface area (Å²) in [6.07, 6.45) is 7.29. The second kappa shape index (κ2) is 3.61. The molecular weight excluding hydrogens is 158 g/mol. The molecule has 1 saturated carbocycles. The van der Waals surface area contributed by atoms with Crippen LogP contribution in [0.4, 0.5) is 0 Å².